The van der Waals surface area contributed by atoms with Crippen LogP contribution in [0.25, 0.3) is 10.2 Å². The SMILES string of the molecule is CC(=O)COC(=O)CNc1nc2ccccc2s1. The highest BCUT2D eigenvalue weighted by molar-refractivity contribution is 7.22. The summed E-state index contributed by atoms with van der Waals surface area (Å²) < 4.78 is 5.78. The van der Waals surface area contributed by atoms with Gasteiger partial charge in [-0.25, -0.2) is 4.98 Å². The zero-order valence-corrected chi connectivity index (χ0v) is 10.6. The van der Waals surface area contributed by atoms with E-state index < -0.39 is 5.97 Å². The third-order valence-electron chi connectivity index (χ3n) is 2.11. The van der Waals surface area contributed by atoms with Gasteiger partial charge in [0.1, 0.15) is 13.2 Å². The topological polar surface area (TPSA) is 68.3 Å². The molecular formula is C12H12N2O3S. The minimum absolute atomic E-state index is 0.00705. The van der Waals surface area contributed by atoms with Crippen LogP contribution in [0.1, 0.15) is 6.92 Å². The Morgan fingerprint density at radius 3 is 2.89 bits per heavy atom. The monoisotopic (exact) mass is 264 g/mol. The average molecular weight is 264 g/mol. The van der Waals surface area contributed by atoms with Gasteiger partial charge in [0.25, 0.3) is 0 Å². The quantitative estimate of drug-likeness (QED) is 0.834. The van der Waals surface area contributed by atoms with E-state index in [0.717, 1.165) is 10.2 Å². The molecule has 0 unspecified atom stereocenters. The summed E-state index contributed by atoms with van der Waals surface area (Å²) in [5.74, 6) is -0.646. The number of ketones is 1. The Bertz CT molecular complexity index is 546. The second kappa shape index (κ2) is 5.59. The summed E-state index contributed by atoms with van der Waals surface area (Å²) in [5, 5.41) is 3.54. The molecular weight excluding hydrogens is 252 g/mol. The van der Waals surface area contributed by atoms with Crippen LogP contribution in [-0.4, -0.2) is 29.9 Å². The molecule has 1 aromatic heterocycles. The number of nitrogens with zero attached hydrogens (tertiary/aromatic N) is 1. The highest BCUT2D eigenvalue weighted by Gasteiger charge is 2.07. The van der Waals surface area contributed by atoms with Gasteiger partial charge in [-0.15, -0.1) is 0 Å². The maximum absolute atomic E-state index is 11.3. The number of carbonyl (C=O) groups excluding carboxylic acids is 2. The number of hydrogen-bond acceptors (Lipinski definition) is 6. The van der Waals surface area contributed by atoms with Gasteiger partial charge < -0.3 is 10.1 Å². The third kappa shape index (κ3) is 3.27. The van der Waals surface area contributed by atoms with Gasteiger partial charge in [0, 0.05) is 0 Å². The first-order chi connectivity index (χ1) is 8.65. The summed E-state index contributed by atoms with van der Waals surface area (Å²) >= 11 is 1.47. The Hall–Kier alpha value is -1.95. The number of hydrogen-bond donors (Lipinski definition) is 1. The van der Waals surface area contributed by atoms with Crippen molar-refractivity contribution >= 4 is 38.4 Å². The van der Waals surface area contributed by atoms with E-state index in [1.807, 2.05) is 24.3 Å². The van der Waals surface area contributed by atoms with E-state index in [2.05, 4.69) is 10.3 Å². The molecule has 1 heterocycles. The van der Waals surface area contributed by atoms with E-state index in [4.69, 9.17) is 4.74 Å². The van der Waals surface area contributed by atoms with Gasteiger partial charge >= 0.3 is 5.97 Å². The van der Waals surface area contributed by atoms with E-state index in [1.165, 1.54) is 18.3 Å². The molecule has 0 aliphatic rings. The zero-order valence-electron chi connectivity index (χ0n) is 9.80. The molecule has 0 fully saturated rings. The fourth-order valence-electron chi connectivity index (χ4n) is 1.33. The van der Waals surface area contributed by atoms with Gasteiger partial charge in [-0.05, 0) is 19.1 Å². The summed E-state index contributed by atoms with van der Waals surface area (Å²) in [6.45, 7) is 1.20. The first-order valence-corrected chi connectivity index (χ1v) is 6.21. The second-order valence-electron chi connectivity index (χ2n) is 3.70. The minimum Gasteiger partial charge on any atom is -0.456 e. The van der Waals surface area contributed by atoms with Crippen molar-refractivity contribution in [3.63, 3.8) is 0 Å². The lowest BCUT2D eigenvalue weighted by Crippen LogP contribution is -2.19. The lowest BCUT2D eigenvalue weighted by molar-refractivity contribution is -0.145. The maximum atomic E-state index is 11.3. The van der Waals surface area contributed by atoms with Crippen LogP contribution in [-0.2, 0) is 14.3 Å². The van der Waals surface area contributed by atoms with Gasteiger partial charge in [0.05, 0.1) is 10.2 Å². The molecule has 0 spiro atoms. The summed E-state index contributed by atoms with van der Waals surface area (Å²) in [6.07, 6.45) is 0. The molecule has 1 N–H and O–H groups in total. The molecule has 0 aliphatic heterocycles. The van der Waals surface area contributed by atoms with Gasteiger partial charge in [-0.3, -0.25) is 9.59 Å². The number of fused-ring (bicyclic) bond motifs is 1. The number of carbonyl (C=O) groups is 2. The molecule has 0 saturated heterocycles. The molecule has 0 aliphatic carbocycles. The number of anilines is 1. The molecule has 5 nitrogen and oxygen atoms in total. The van der Waals surface area contributed by atoms with Crippen LogP contribution in [0.5, 0.6) is 0 Å². The van der Waals surface area contributed by atoms with E-state index >= 15 is 0 Å². The van der Waals surface area contributed by atoms with Crippen molar-refractivity contribution in [1.82, 2.24) is 4.98 Å². The Labute approximate surface area is 108 Å². The highest BCUT2D eigenvalue weighted by Crippen LogP contribution is 2.24. The fraction of sp³-hybridized carbons (Fsp3) is 0.250. The minimum atomic E-state index is -0.468. The zero-order chi connectivity index (χ0) is 13.0. The van der Waals surface area contributed by atoms with E-state index in [-0.39, 0.29) is 18.9 Å². The molecule has 18 heavy (non-hydrogen) atoms. The van der Waals surface area contributed by atoms with Gasteiger partial charge in [0.15, 0.2) is 10.9 Å². The molecule has 0 amide bonds. The Kier molecular flexibility index (Phi) is 3.88. The van der Waals surface area contributed by atoms with Gasteiger partial charge in [-0.1, -0.05) is 23.5 Å². The largest absolute Gasteiger partial charge is 0.456 e. The molecule has 94 valence electrons. The third-order valence-corrected chi connectivity index (χ3v) is 3.11. The molecule has 0 radical (unpaired) electrons. The summed E-state index contributed by atoms with van der Waals surface area (Å²) in [5.41, 5.74) is 0.891. The van der Waals surface area contributed by atoms with Crippen molar-refractivity contribution in [3.05, 3.63) is 24.3 Å². The van der Waals surface area contributed by atoms with Crippen LogP contribution >= 0.6 is 11.3 Å². The summed E-state index contributed by atoms with van der Waals surface area (Å²) in [6, 6.07) is 7.72. The van der Waals surface area contributed by atoms with E-state index in [0.29, 0.717) is 5.13 Å². The smallest absolute Gasteiger partial charge is 0.325 e. The molecule has 0 saturated carbocycles. The van der Waals surface area contributed by atoms with Crippen LogP contribution in [0.3, 0.4) is 0 Å². The van der Waals surface area contributed by atoms with Crippen LogP contribution in [0.15, 0.2) is 24.3 Å². The molecule has 1 aromatic carbocycles. The number of thiazole rings is 1. The predicted octanol–water partition coefficient (Wildman–Crippen LogP) is 1.84. The predicted molar refractivity (Wildman–Crippen MR) is 69.7 cm³/mol. The Morgan fingerprint density at radius 1 is 1.39 bits per heavy atom. The fourth-order valence-corrected chi connectivity index (χ4v) is 2.19. The normalized spacial score (nSPS) is 10.3. The number of para-hydroxylation sites is 1. The van der Waals surface area contributed by atoms with Crippen molar-refractivity contribution < 1.29 is 14.3 Å². The van der Waals surface area contributed by atoms with Crippen LogP contribution in [0.2, 0.25) is 0 Å². The van der Waals surface area contributed by atoms with Crippen LogP contribution in [0.4, 0.5) is 5.13 Å². The van der Waals surface area contributed by atoms with E-state index in [9.17, 15) is 9.59 Å². The number of benzene rings is 1. The summed E-state index contributed by atoms with van der Waals surface area (Å²) in [7, 11) is 0. The first kappa shape index (κ1) is 12.5. The molecule has 2 rings (SSSR count). The van der Waals surface area contributed by atoms with E-state index in [1.54, 1.807) is 0 Å². The summed E-state index contributed by atoms with van der Waals surface area (Å²) in [4.78, 5) is 26.2. The van der Waals surface area contributed by atoms with Crippen LogP contribution in [0, 0.1) is 0 Å². The Morgan fingerprint density at radius 2 is 2.17 bits per heavy atom. The number of rotatable bonds is 5. The maximum Gasteiger partial charge on any atom is 0.325 e. The van der Waals surface area contributed by atoms with Crippen molar-refractivity contribution in [1.29, 1.82) is 0 Å². The highest BCUT2D eigenvalue weighted by atomic mass is 32.1. The number of nitrogens with one attached hydrogen (secondary N) is 1. The number of Topliss-reactive ketones (excluding diaryl/α,β-unsaturated/α-hetero) is 1. The van der Waals surface area contributed by atoms with Crippen molar-refractivity contribution in [3.8, 4) is 0 Å². The first-order valence-electron chi connectivity index (χ1n) is 5.39. The molecule has 2 aromatic rings. The molecule has 0 bridgehead atoms. The molecule has 6 heteroatoms. The second-order valence-corrected chi connectivity index (χ2v) is 4.73. The van der Waals surface area contributed by atoms with Crippen molar-refractivity contribution in [2.75, 3.05) is 18.5 Å². The van der Waals surface area contributed by atoms with Crippen LogP contribution < -0.4 is 5.32 Å². The standard InChI is InChI=1S/C12H12N2O3S/c1-8(15)7-17-11(16)6-13-12-14-9-4-2-3-5-10(9)18-12/h2-5H,6-7H2,1H3,(H,13,14). The van der Waals surface area contributed by atoms with Crippen molar-refractivity contribution in [2.24, 2.45) is 0 Å². The Balaban J connectivity index is 1.90. The number of aromatic nitrogens is 1. The van der Waals surface area contributed by atoms with Gasteiger partial charge in [0.2, 0.25) is 0 Å². The number of esters is 1. The lowest BCUT2D eigenvalue weighted by atomic mass is 10.3. The van der Waals surface area contributed by atoms with Gasteiger partial charge in [-0.2, -0.15) is 0 Å². The molecule has 0 atom stereocenters. The number of ether oxygens (including phenoxy) is 1. The lowest BCUT2D eigenvalue weighted by Gasteiger charge is -2.02. The van der Waals surface area contributed by atoms with Crippen molar-refractivity contribution in [2.45, 2.75) is 6.92 Å². The average Bonchev–Trinajstić information content (AvgIpc) is 2.76.